The van der Waals surface area contributed by atoms with Crippen LogP contribution in [0.3, 0.4) is 0 Å². The summed E-state index contributed by atoms with van der Waals surface area (Å²) in [5, 5.41) is 3.40. The zero-order chi connectivity index (χ0) is 15.8. The highest BCUT2D eigenvalue weighted by molar-refractivity contribution is 5.85. The van der Waals surface area contributed by atoms with Crippen LogP contribution in [-0.2, 0) is 6.54 Å². The number of para-hydroxylation sites is 2. The fraction of sp³-hybridized carbons (Fsp3) is 0.111. The third kappa shape index (κ3) is 2.90. The van der Waals surface area contributed by atoms with Crippen LogP contribution < -0.4 is 5.32 Å². The van der Waals surface area contributed by atoms with E-state index in [1.807, 2.05) is 41.7 Å². The van der Waals surface area contributed by atoms with Crippen LogP contribution in [-0.4, -0.2) is 14.4 Å². The van der Waals surface area contributed by atoms with Gasteiger partial charge in [-0.25, -0.2) is 14.4 Å². The number of aryl methyl sites for hydroxylation is 1. The van der Waals surface area contributed by atoms with Gasteiger partial charge in [-0.1, -0.05) is 24.3 Å². The van der Waals surface area contributed by atoms with Gasteiger partial charge in [-0.15, -0.1) is 12.4 Å². The second kappa shape index (κ2) is 6.45. The van der Waals surface area contributed by atoms with Crippen LogP contribution in [0.1, 0.15) is 11.3 Å². The first kappa shape index (κ1) is 16.2. The molecule has 0 spiro atoms. The minimum atomic E-state index is -0.225. The largest absolute Gasteiger partial charge is 0.367 e. The van der Waals surface area contributed by atoms with Crippen LogP contribution in [0.15, 0.2) is 54.6 Å². The van der Waals surface area contributed by atoms with Gasteiger partial charge in [0.05, 0.1) is 11.0 Å². The molecule has 0 unspecified atom stereocenters. The zero-order valence-corrected chi connectivity index (χ0v) is 13.8. The lowest BCUT2D eigenvalue weighted by Crippen LogP contribution is -2.06. The van der Waals surface area contributed by atoms with Gasteiger partial charge in [0.1, 0.15) is 11.6 Å². The lowest BCUT2D eigenvalue weighted by Gasteiger charge is -2.10. The molecule has 4 rings (SSSR count). The van der Waals surface area contributed by atoms with E-state index in [1.165, 1.54) is 12.1 Å². The van der Waals surface area contributed by atoms with Crippen molar-refractivity contribution in [2.24, 2.45) is 0 Å². The average Bonchev–Trinajstić information content (AvgIpc) is 2.92. The van der Waals surface area contributed by atoms with Crippen molar-refractivity contribution in [3.8, 4) is 0 Å². The second-order valence-electron chi connectivity index (χ2n) is 5.50. The fourth-order valence-corrected chi connectivity index (χ4v) is 2.70. The molecule has 0 aliphatic heterocycles. The van der Waals surface area contributed by atoms with Gasteiger partial charge in [-0.3, -0.25) is 4.40 Å². The van der Waals surface area contributed by atoms with Crippen molar-refractivity contribution in [2.45, 2.75) is 13.5 Å². The molecule has 0 radical (unpaired) electrons. The van der Waals surface area contributed by atoms with Gasteiger partial charge in [0.15, 0.2) is 0 Å². The number of nitrogens with one attached hydrogen (secondary N) is 1. The first-order valence-electron chi connectivity index (χ1n) is 7.44. The summed E-state index contributed by atoms with van der Waals surface area (Å²) < 4.78 is 15.0. The van der Waals surface area contributed by atoms with Crippen molar-refractivity contribution >= 4 is 35.0 Å². The Balaban J connectivity index is 0.00000169. The summed E-state index contributed by atoms with van der Waals surface area (Å²) in [6, 6.07) is 16.4. The molecule has 1 N–H and O–H groups in total. The van der Waals surface area contributed by atoms with E-state index in [1.54, 1.807) is 12.1 Å². The molecular formula is C18H16ClFN4. The summed E-state index contributed by atoms with van der Waals surface area (Å²) in [6.07, 6.45) is 0. The Kier molecular flexibility index (Phi) is 4.36. The van der Waals surface area contributed by atoms with Crippen molar-refractivity contribution < 1.29 is 4.39 Å². The highest BCUT2D eigenvalue weighted by atomic mass is 35.5. The van der Waals surface area contributed by atoms with Crippen molar-refractivity contribution in [3.05, 3.63) is 71.7 Å². The molecule has 2 aromatic heterocycles. The second-order valence-corrected chi connectivity index (χ2v) is 5.50. The molecule has 122 valence electrons. The predicted molar refractivity (Wildman–Crippen MR) is 96.2 cm³/mol. The summed E-state index contributed by atoms with van der Waals surface area (Å²) in [5.41, 5.74) is 3.83. The number of imidazole rings is 1. The van der Waals surface area contributed by atoms with Gasteiger partial charge < -0.3 is 5.32 Å². The third-order valence-corrected chi connectivity index (χ3v) is 3.79. The number of anilines is 1. The van der Waals surface area contributed by atoms with E-state index in [9.17, 15) is 4.39 Å². The van der Waals surface area contributed by atoms with E-state index in [2.05, 4.69) is 15.3 Å². The van der Waals surface area contributed by atoms with E-state index in [4.69, 9.17) is 0 Å². The summed E-state index contributed by atoms with van der Waals surface area (Å²) in [6.45, 7) is 2.55. The maximum Gasteiger partial charge on any atom is 0.236 e. The van der Waals surface area contributed by atoms with E-state index >= 15 is 0 Å². The van der Waals surface area contributed by atoms with Crippen LogP contribution >= 0.6 is 12.4 Å². The van der Waals surface area contributed by atoms with Crippen LogP contribution in [0, 0.1) is 12.7 Å². The number of rotatable bonds is 3. The summed E-state index contributed by atoms with van der Waals surface area (Å²) in [7, 11) is 0. The molecule has 0 amide bonds. The molecule has 0 bridgehead atoms. The Morgan fingerprint density at radius 3 is 2.58 bits per heavy atom. The lowest BCUT2D eigenvalue weighted by atomic mass is 10.2. The van der Waals surface area contributed by atoms with Crippen molar-refractivity contribution in [3.63, 3.8) is 0 Å². The Bertz CT molecular complexity index is 995. The molecule has 0 aliphatic rings. The minimum absolute atomic E-state index is 0. The molecule has 6 heteroatoms. The molecule has 0 aliphatic carbocycles. The zero-order valence-electron chi connectivity index (χ0n) is 13.0. The van der Waals surface area contributed by atoms with Crippen molar-refractivity contribution in [1.82, 2.24) is 14.4 Å². The SMILES string of the molecule is Cc1cc(NCc2ccc(F)cc2)n2c(n1)nc1ccccc12.Cl. The van der Waals surface area contributed by atoms with E-state index in [-0.39, 0.29) is 18.2 Å². The molecular weight excluding hydrogens is 327 g/mol. The molecule has 0 saturated carbocycles. The van der Waals surface area contributed by atoms with Crippen LogP contribution in [0.5, 0.6) is 0 Å². The highest BCUT2D eigenvalue weighted by Gasteiger charge is 2.10. The number of benzene rings is 2. The fourth-order valence-electron chi connectivity index (χ4n) is 2.70. The molecule has 24 heavy (non-hydrogen) atoms. The predicted octanol–water partition coefficient (Wildman–Crippen LogP) is 4.36. The summed E-state index contributed by atoms with van der Waals surface area (Å²) >= 11 is 0. The quantitative estimate of drug-likeness (QED) is 0.601. The van der Waals surface area contributed by atoms with E-state index in [0.29, 0.717) is 12.3 Å². The van der Waals surface area contributed by atoms with E-state index in [0.717, 1.165) is 28.1 Å². The number of fused-ring (bicyclic) bond motifs is 3. The monoisotopic (exact) mass is 342 g/mol. The van der Waals surface area contributed by atoms with Gasteiger partial charge in [-0.2, -0.15) is 0 Å². The number of halogens is 2. The number of aromatic nitrogens is 3. The summed E-state index contributed by atoms with van der Waals surface area (Å²) in [4.78, 5) is 9.07. The average molecular weight is 343 g/mol. The molecule has 4 aromatic rings. The first-order valence-corrected chi connectivity index (χ1v) is 7.44. The normalized spacial score (nSPS) is 10.8. The molecule has 0 saturated heterocycles. The van der Waals surface area contributed by atoms with Gasteiger partial charge in [0.2, 0.25) is 5.78 Å². The number of hydrogen-bond acceptors (Lipinski definition) is 3. The molecule has 0 atom stereocenters. The third-order valence-electron chi connectivity index (χ3n) is 3.79. The molecule has 4 nitrogen and oxygen atoms in total. The van der Waals surface area contributed by atoms with Crippen LogP contribution in [0.2, 0.25) is 0 Å². The highest BCUT2D eigenvalue weighted by Crippen LogP contribution is 2.21. The number of nitrogens with zero attached hydrogens (tertiary/aromatic N) is 3. The van der Waals surface area contributed by atoms with Gasteiger partial charge in [0.25, 0.3) is 0 Å². The van der Waals surface area contributed by atoms with Gasteiger partial charge >= 0.3 is 0 Å². The first-order chi connectivity index (χ1) is 11.2. The summed E-state index contributed by atoms with van der Waals surface area (Å²) in [5.74, 6) is 1.37. The lowest BCUT2D eigenvalue weighted by molar-refractivity contribution is 0.627. The molecule has 0 fully saturated rings. The maximum absolute atomic E-state index is 13.0. The van der Waals surface area contributed by atoms with E-state index < -0.39 is 0 Å². The Labute approximate surface area is 144 Å². The molecule has 2 heterocycles. The van der Waals surface area contributed by atoms with Gasteiger partial charge in [0, 0.05) is 18.3 Å². The Morgan fingerprint density at radius 2 is 1.79 bits per heavy atom. The Morgan fingerprint density at radius 1 is 1.04 bits per heavy atom. The van der Waals surface area contributed by atoms with Gasteiger partial charge in [-0.05, 0) is 36.8 Å². The van der Waals surface area contributed by atoms with Crippen molar-refractivity contribution in [1.29, 1.82) is 0 Å². The van der Waals surface area contributed by atoms with Crippen molar-refractivity contribution in [2.75, 3.05) is 5.32 Å². The smallest absolute Gasteiger partial charge is 0.236 e. The number of hydrogen-bond donors (Lipinski definition) is 1. The minimum Gasteiger partial charge on any atom is -0.367 e. The standard InChI is InChI=1S/C18H15FN4.ClH/c1-12-10-17(20-11-13-6-8-14(19)9-7-13)23-16-5-3-2-4-15(16)22-18(23)21-12;/h2-10,20H,11H2,1H3;1H. The molecule has 2 aromatic carbocycles. The van der Waals surface area contributed by atoms with Crippen LogP contribution in [0.4, 0.5) is 10.2 Å². The van der Waals surface area contributed by atoms with Crippen LogP contribution in [0.25, 0.3) is 16.8 Å². The maximum atomic E-state index is 13.0. The topological polar surface area (TPSA) is 42.2 Å². The Hall–Kier alpha value is -2.66.